The molecule has 1 heterocycles. The van der Waals surface area contributed by atoms with Crippen LogP contribution in [0.4, 0.5) is 0 Å². The van der Waals surface area contributed by atoms with E-state index in [9.17, 15) is 23.4 Å². The number of sulfone groups is 1. The van der Waals surface area contributed by atoms with Crippen molar-refractivity contribution >= 4 is 21.8 Å². The monoisotopic (exact) mass is 503 g/mol. The van der Waals surface area contributed by atoms with E-state index in [1.54, 1.807) is 30.3 Å². The van der Waals surface area contributed by atoms with Crippen LogP contribution in [0.5, 0.6) is 0 Å². The fourth-order valence-electron chi connectivity index (χ4n) is 5.25. The molecular formula is C29H29NO5S. The zero-order chi connectivity index (χ0) is 25.3. The molecule has 0 unspecified atom stereocenters. The van der Waals surface area contributed by atoms with Crippen LogP contribution in [-0.4, -0.2) is 36.7 Å². The highest BCUT2D eigenvalue weighted by Crippen LogP contribution is 2.36. The highest BCUT2D eigenvalue weighted by Gasteiger charge is 2.35. The number of aliphatic hydroxyl groups excluding tert-OH is 2. The van der Waals surface area contributed by atoms with Gasteiger partial charge >= 0.3 is 0 Å². The number of hydrogen-bond acceptors (Lipinski definition) is 5. The van der Waals surface area contributed by atoms with Crippen LogP contribution in [0.2, 0.25) is 0 Å². The maximum absolute atomic E-state index is 13.5. The molecule has 186 valence electrons. The Morgan fingerprint density at radius 3 is 2.42 bits per heavy atom. The van der Waals surface area contributed by atoms with Crippen LogP contribution >= 0.6 is 0 Å². The molecule has 0 saturated heterocycles. The summed E-state index contributed by atoms with van der Waals surface area (Å²) in [7, 11) is -3.65. The van der Waals surface area contributed by atoms with Gasteiger partial charge in [-0.05, 0) is 47.2 Å². The molecule has 0 radical (unpaired) electrons. The van der Waals surface area contributed by atoms with Crippen molar-refractivity contribution in [2.45, 2.75) is 48.8 Å². The molecule has 4 atom stereocenters. The van der Waals surface area contributed by atoms with Gasteiger partial charge in [0.1, 0.15) is 0 Å². The summed E-state index contributed by atoms with van der Waals surface area (Å²) in [5.41, 5.74) is 3.47. The largest absolute Gasteiger partial charge is 0.393 e. The van der Waals surface area contributed by atoms with E-state index >= 15 is 0 Å². The molecule has 36 heavy (non-hydrogen) atoms. The molecule has 0 aromatic heterocycles. The van der Waals surface area contributed by atoms with Gasteiger partial charge in [0, 0.05) is 18.8 Å². The number of hydrogen-bond donors (Lipinski definition) is 3. The topological polar surface area (TPSA) is 104 Å². The summed E-state index contributed by atoms with van der Waals surface area (Å²) in [5, 5.41) is 24.6. The predicted octanol–water partition coefficient (Wildman–Crippen LogP) is 3.59. The van der Waals surface area contributed by atoms with Crippen molar-refractivity contribution in [3.8, 4) is 0 Å². The molecule has 3 N–H and O–H groups in total. The maximum Gasteiger partial charge on any atom is 0.224 e. The second kappa shape index (κ2) is 10.0. The van der Waals surface area contributed by atoms with Crippen LogP contribution in [0.3, 0.4) is 0 Å². The van der Waals surface area contributed by atoms with Crippen molar-refractivity contribution in [2.75, 3.05) is 0 Å². The van der Waals surface area contributed by atoms with Gasteiger partial charge in [-0.25, -0.2) is 8.42 Å². The Balaban J connectivity index is 1.33. The van der Waals surface area contributed by atoms with Gasteiger partial charge in [0.25, 0.3) is 0 Å². The second-order valence-electron chi connectivity index (χ2n) is 9.59. The van der Waals surface area contributed by atoms with E-state index in [0.29, 0.717) is 18.4 Å². The zero-order valence-electron chi connectivity index (χ0n) is 19.7. The Bertz CT molecular complexity index is 1400. The first kappa shape index (κ1) is 24.4. The lowest BCUT2D eigenvalue weighted by atomic mass is 9.91. The summed E-state index contributed by atoms with van der Waals surface area (Å²) >= 11 is 0. The van der Waals surface area contributed by atoms with Gasteiger partial charge in [-0.3, -0.25) is 4.79 Å². The van der Waals surface area contributed by atoms with E-state index < -0.39 is 34.0 Å². The van der Waals surface area contributed by atoms with Crippen LogP contribution in [0, 0.1) is 5.92 Å². The normalized spacial score (nSPS) is 21.2. The van der Waals surface area contributed by atoms with Crippen molar-refractivity contribution in [3.05, 3.63) is 106 Å². The van der Waals surface area contributed by atoms with Crippen LogP contribution in [0.25, 0.3) is 6.08 Å². The number of amides is 1. The molecule has 1 aliphatic heterocycles. The molecule has 0 bridgehead atoms. The van der Waals surface area contributed by atoms with Gasteiger partial charge in [-0.2, -0.15) is 0 Å². The summed E-state index contributed by atoms with van der Waals surface area (Å²) in [4.78, 5) is 13.9. The highest BCUT2D eigenvalue weighted by atomic mass is 32.2. The lowest BCUT2D eigenvalue weighted by Crippen LogP contribution is -2.39. The van der Waals surface area contributed by atoms with Crippen LogP contribution in [-0.2, 0) is 27.5 Å². The summed E-state index contributed by atoms with van der Waals surface area (Å²) in [5.74, 6) is -0.875. The van der Waals surface area contributed by atoms with Gasteiger partial charge < -0.3 is 15.5 Å². The van der Waals surface area contributed by atoms with Gasteiger partial charge in [0.15, 0.2) is 0 Å². The lowest BCUT2D eigenvalue weighted by Gasteiger charge is -2.24. The number of carbonyl (C=O) groups is 1. The zero-order valence-corrected chi connectivity index (χ0v) is 20.6. The van der Waals surface area contributed by atoms with Crippen molar-refractivity contribution < 1.29 is 23.4 Å². The molecule has 0 saturated carbocycles. The fraction of sp³-hybridized carbons (Fsp3) is 0.276. The molecule has 6 nitrogen and oxygen atoms in total. The predicted molar refractivity (Wildman–Crippen MR) is 138 cm³/mol. The second-order valence-corrected chi connectivity index (χ2v) is 11.6. The van der Waals surface area contributed by atoms with Gasteiger partial charge in [0.05, 0.1) is 28.1 Å². The van der Waals surface area contributed by atoms with Crippen molar-refractivity contribution in [2.24, 2.45) is 5.92 Å². The van der Waals surface area contributed by atoms with Crippen molar-refractivity contribution in [3.63, 3.8) is 0 Å². The van der Waals surface area contributed by atoms with Crippen LogP contribution in [0.15, 0.2) is 88.7 Å². The van der Waals surface area contributed by atoms with E-state index in [-0.39, 0.29) is 28.5 Å². The Hall–Kier alpha value is -3.26. The third kappa shape index (κ3) is 4.87. The first-order valence-electron chi connectivity index (χ1n) is 12.2. The molecule has 1 aliphatic carbocycles. The van der Waals surface area contributed by atoms with Gasteiger partial charge in [0.2, 0.25) is 15.7 Å². The van der Waals surface area contributed by atoms with E-state index in [1.165, 1.54) is 0 Å². The number of aliphatic hydroxyl groups is 2. The van der Waals surface area contributed by atoms with Gasteiger partial charge in [-0.1, -0.05) is 72.8 Å². The standard InChI is InChI=1S/C29H29NO5S/c31-23(18-24-16-21-11-5-7-13-27(21)36(24,34)35)15-22(14-19-8-2-1-3-9-19)29(33)30-28-25-12-6-4-10-20(25)17-26(28)32/h1-13,16,22-23,26,28,31-32H,14-15,17-18H2,(H,30,33)/t22-,23-,26-,28+/m1/s1. The molecule has 3 aromatic rings. The SMILES string of the molecule is O=C(N[C@H]1c2ccccc2C[C@H]1O)[C@H](Cc1ccccc1)C[C@@H](O)CC1=Cc2ccccc2S1(=O)=O. The Kier molecular flexibility index (Phi) is 6.79. The Morgan fingerprint density at radius 1 is 0.944 bits per heavy atom. The lowest BCUT2D eigenvalue weighted by molar-refractivity contribution is -0.127. The average Bonchev–Trinajstić information content (AvgIpc) is 3.31. The molecule has 0 spiro atoms. The van der Waals surface area contributed by atoms with Crippen molar-refractivity contribution in [1.29, 1.82) is 0 Å². The number of carbonyl (C=O) groups excluding carboxylic acids is 1. The summed E-state index contributed by atoms with van der Waals surface area (Å²) in [6, 6.07) is 23.4. The molecule has 0 fully saturated rings. The van der Waals surface area contributed by atoms with E-state index in [0.717, 1.165) is 16.7 Å². The number of benzene rings is 3. The minimum Gasteiger partial charge on any atom is -0.393 e. The van der Waals surface area contributed by atoms with E-state index in [4.69, 9.17) is 0 Å². The van der Waals surface area contributed by atoms with E-state index in [1.807, 2.05) is 54.6 Å². The molecular weight excluding hydrogens is 474 g/mol. The number of nitrogens with one attached hydrogen (secondary N) is 1. The Labute approximate surface area is 211 Å². The maximum atomic E-state index is 13.5. The van der Waals surface area contributed by atoms with Gasteiger partial charge in [-0.15, -0.1) is 0 Å². The average molecular weight is 504 g/mol. The fourth-order valence-corrected chi connectivity index (χ4v) is 6.92. The highest BCUT2D eigenvalue weighted by molar-refractivity contribution is 7.95. The molecule has 3 aromatic carbocycles. The minimum absolute atomic E-state index is 0.0650. The van der Waals surface area contributed by atoms with E-state index in [2.05, 4.69) is 5.32 Å². The molecule has 1 amide bonds. The molecule has 5 rings (SSSR count). The minimum atomic E-state index is -3.65. The summed E-state index contributed by atoms with van der Waals surface area (Å²) in [6.45, 7) is 0. The quantitative estimate of drug-likeness (QED) is 0.436. The molecule has 2 aliphatic rings. The van der Waals surface area contributed by atoms with Crippen LogP contribution in [0.1, 0.15) is 41.1 Å². The first-order chi connectivity index (χ1) is 17.3. The summed E-state index contributed by atoms with van der Waals surface area (Å²) in [6.07, 6.45) is 0.742. The summed E-state index contributed by atoms with van der Waals surface area (Å²) < 4.78 is 25.9. The smallest absolute Gasteiger partial charge is 0.224 e. The number of rotatable bonds is 8. The number of fused-ring (bicyclic) bond motifs is 2. The first-order valence-corrected chi connectivity index (χ1v) is 13.6. The Morgan fingerprint density at radius 2 is 1.64 bits per heavy atom. The van der Waals surface area contributed by atoms with Crippen LogP contribution < -0.4 is 5.32 Å². The van der Waals surface area contributed by atoms with Crippen molar-refractivity contribution in [1.82, 2.24) is 5.32 Å². The third-order valence-corrected chi connectivity index (χ3v) is 8.99. The molecule has 7 heteroatoms. The third-order valence-electron chi connectivity index (χ3n) is 7.06.